The van der Waals surface area contributed by atoms with E-state index in [1.807, 2.05) is 0 Å². The van der Waals surface area contributed by atoms with Crippen LogP contribution in [-0.2, 0) is 4.74 Å². The van der Waals surface area contributed by atoms with Gasteiger partial charge in [-0.2, -0.15) is 0 Å². The molecule has 0 saturated carbocycles. The Morgan fingerprint density at radius 2 is 1.64 bits per heavy atom. The molecule has 1 N–H and O–H groups in total. The molecule has 28 heavy (non-hydrogen) atoms. The molecule has 1 saturated heterocycles. The lowest BCUT2D eigenvalue weighted by Crippen LogP contribution is -2.37. The number of pyridine rings is 1. The maximum absolute atomic E-state index is 5.44. The SMILES string of the molecule is c1ccc2c(c1)ccc1c(NCCCN3CCOCC3)c3ccccc3nc12. The number of anilines is 1. The molecular weight excluding hydrogens is 346 g/mol. The third kappa shape index (κ3) is 3.30. The van der Waals surface area contributed by atoms with E-state index in [2.05, 4.69) is 70.9 Å². The molecular formula is C24H25N3O. The Morgan fingerprint density at radius 3 is 2.54 bits per heavy atom. The van der Waals surface area contributed by atoms with E-state index in [0.29, 0.717) is 0 Å². The van der Waals surface area contributed by atoms with Crippen LogP contribution in [0, 0.1) is 0 Å². The van der Waals surface area contributed by atoms with E-state index in [1.165, 1.54) is 27.2 Å². The van der Waals surface area contributed by atoms with Crippen LogP contribution in [0.15, 0.2) is 60.7 Å². The average Bonchev–Trinajstić information content (AvgIpc) is 2.76. The minimum atomic E-state index is 0.861. The highest BCUT2D eigenvalue weighted by Crippen LogP contribution is 2.34. The number of nitrogens with one attached hydrogen (secondary N) is 1. The summed E-state index contributed by atoms with van der Waals surface area (Å²) in [4.78, 5) is 7.49. The number of rotatable bonds is 5. The molecule has 1 aromatic heterocycles. The zero-order valence-electron chi connectivity index (χ0n) is 16.0. The van der Waals surface area contributed by atoms with Crippen LogP contribution in [0.25, 0.3) is 32.6 Å². The Hall–Kier alpha value is -2.69. The van der Waals surface area contributed by atoms with Gasteiger partial charge in [-0.25, -0.2) is 4.98 Å². The van der Waals surface area contributed by atoms with Crippen LogP contribution in [0.3, 0.4) is 0 Å². The number of hydrogen-bond donors (Lipinski definition) is 1. The third-order valence-electron chi connectivity index (χ3n) is 5.63. The topological polar surface area (TPSA) is 37.4 Å². The normalized spacial score (nSPS) is 15.4. The van der Waals surface area contributed by atoms with Crippen molar-refractivity contribution < 1.29 is 4.74 Å². The van der Waals surface area contributed by atoms with Gasteiger partial charge >= 0.3 is 0 Å². The van der Waals surface area contributed by atoms with Crippen LogP contribution in [0.5, 0.6) is 0 Å². The van der Waals surface area contributed by atoms with Crippen LogP contribution < -0.4 is 5.32 Å². The smallest absolute Gasteiger partial charge is 0.0808 e. The first-order valence-electron chi connectivity index (χ1n) is 10.1. The highest BCUT2D eigenvalue weighted by atomic mass is 16.5. The fraction of sp³-hybridized carbons (Fsp3) is 0.292. The Kier molecular flexibility index (Phi) is 4.81. The molecule has 1 fully saturated rings. The van der Waals surface area contributed by atoms with Crippen molar-refractivity contribution in [2.45, 2.75) is 6.42 Å². The summed E-state index contributed by atoms with van der Waals surface area (Å²) in [6.07, 6.45) is 1.12. The minimum absolute atomic E-state index is 0.861. The van der Waals surface area contributed by atoms with E-state index in [9.17, 15) is 0 Å². The standard InChI is InChI=1S/C24H25N3O/c1-2-7-19-18(6-1)10-11-21-23(20-8-3-4-9-22(20)26-24(19)21)25-12-5-13-27-14-16-28-17-15-27/h1-4,6-11H,5,12-17H2,(H,25,26). The van der Waals surface area contributed by atoms with Gasteiger partial charge in [0.25, 0.3) is 0 Å². The van der Waals surface area contributed by atoms with Gasteiger partial charge in [0, 0.05) is 35.8 Å². The Bertz CT molecular complexity index is 1120. The number of nitrogens with zero attached hydrogens (tertiary/aromatic N) is 2. The summed E-state index contributed by atoms with van der Waals surface area (Å²) in [5.74, 6) is 0. The molecule has 0 amide bonds. The van der Waals surface area contributed by atoms with Crippen LogP contribution >= 0.6 is 0 Å². The van der Waals surface area contributed by atoms with Gasteiger partial charge in [-0.3, -0.25) is 4.90 Å². The van der Waals surface area contributed by atoms with Gasteiger partial charge in [-0.05, 0) is 24.4 Å². The Morgan fingerprint density at radius 1 is 0.857 bits per heavy atom. The van der Waals surface area contributed by atoms with Crippen molar-refractivity contribution in [2.24, 2.45) is 0 Å². The van der Waals surface area contributed by atoms with Crippen molar-refractivity contribution >= 4 is 38.3 Å². The first-order chi connectivity index (χ1) is 13.9. The van der Waals surface area contributed by atoms with E-state index in [0.717, 1.165) is 56.8 Å². The number of para-hydroxylation sites is 1. The molecule has 3 aromatic carbocycles. The summed E-state index contributed by atoms with van der Waals surface area (Å²) in [5.41, 5.74) is 3.32. The van der Waals surface area contributed by atoms with Crippen molar-refractivity contribution in [3.63, 3.8) is 0 Å². The number of morpholine rings is 1. The first-order valence-corrected chi connectivity index (χ1v) is 10.1. The molecule has 0 spiro atoms. The van der Waals surface area contributed by atoms with Gasteiger partial charge in [0.1, 0.15) is 0 Å². The number of ether oxygens (including phenoxy) is 1. The fourth-order valence-electron chi connectivity index (χ4n) is 4.16. The zero-order chi connectivity index (χ0) is 18.8. The number of hydrogen-bond acceptors (Lipinski definition) is 4. The molecule has 0 aliphatic carbocycles. The van der Waals surface area contributed by atoms with E-state index in [4.69, 9.17) is 9.72 Å². The summed E-state index contributed by atoms with van der Waals surface area (Å²) in [6.45, 7) is 5.88. The van der Waals surface area contributed by atoms with Gasteiger partial charge < -0.3 is 10.1 Å². The lowest BCUT2D eigenvalue weighted by Gasteiger charge is -2.26. The average molecular weight is 371 g/mol. The third-order valence-corrected chi connectivity index (χ3v) is 5.63. The molecule has 4 nitrogen and oxygen atoms in total. The number of benzene rings is 3. The van der Waals surface area contributed by atoms with E-state index >= 15 is 0 Å². The summed E-state index contributed by atoms with van der Waals surface area (Å²) >= 11 is 0. The van der Waals surface area contributed by atoms with Crippen molar-refractivity contribution in [2.75, 3.05) is 44.7 Å². The molecule has 0 bridgehead atoms. The van der Waals surface area contributed by atoms with Gasteiger partial charge in [0.15, 0.2) is 0 Å². The second-order valence-corrected chi connectivity index (χ2v) is 7.42. The monoisotopic (exact) mass is 371 g/mol. The number of fused-ring (bicyclic) bond motifs is 4. The van der Waals surface area contributed by atoms with Crippen LogP contribution in [-0.4, -0.2) is 49.3 Å². The van der Waals surface area contributed by atoms with Gasteiger partial charge in [-0.1, -0.05) is 54.6 Å². The largest absolute Gasteiger partial charge is 0.384 e. The summed E-state index contributed by atoms with van der Waals surface area (Å²) < 4.78 is 5.44. The highest BCUT2D eigenvalue weighted by Gasteiger charge is 2.12. The molecule has 2 heterocycles. The van der Waals surface area contributed by atoms with Crippen molar-refractivity contribution in [3.05, 3.63) is 60.7 Å². The molecule has 0 atom stereocenters. The van der Waals surface area contributed by atoms with Gasteiger partial charge in [0.2, 0.25) is 0 Å². The maximum atomic E-state index is 5.44. The van der Waals surface area contributed by atoms with E-state index < -0.39 is 0 Å². The second-order valence-electron chi connectivity index (χ2n) is 7.42. The summed E-state index contributed by atoms with van der Waals surface area (Å²) in [5, 5.41) is 8.57. The molecule has 0 radical (unpaired) electrons. The lowest BCUT2D eigenvalue weighted by atomic mass is 10.0. The molecule has 0 unspecified atom stereocenters. The quantitative estimate of drug-likeness (QED) is 0.314. The predicted octanol–water partition coefficient (Wildman–Crippen LogP) is 4.68. The second kappa shape index (κ2) is 7.74. The highest BCUT2D eigenvalue weighted by molar-refractivity contribution is 6.15. The van der Waals surface area contributed by atoms with Crippen LogP contribution in [0.4, 0.5) is 5.69 Å². The Balaban J connectivity index is 1.49. The van der Waals surface area contributed by atoms with Gasteiger partial charge in [-0.15, -0.1) is 0 Å². The molecule has 142 valence electrons. The summed E-state index contributed by atoms with van der Waals surface area (Å²) in [7, 11) is 0. The fourth-order valence-corrected chi connectivity index (χ4v) is 4.16. The first kappa shape index (κ1) is 17.4. The number of aromatic nitrogens is 1. The lowest BCUT2D eigenvalue weighted by molar-refractivity contribution is 0.0378. The molecule has 4 heteroatoms. The van der Waals surface area contributed by atoms with Crippen molar-refractivity contribution in [1.29, 1.82) is 0 Å². The molecule has 1 aliphatic heterocycles. The minimum Gasteiger partial charge on any atom is -0.384 e. The predicted molar refractivity (Wildman–Crippen MR) is 117 cm³/mol. The zero-order valence-corrected chi connectivity index (χ0v) is 16.0. The van der Waals surface area contributed by atoms with Crippen molar-refractivity contribution in [3.8, 4) is 0 Å². The molecule has 1 aliphatic rings. The van der Waals surface area contributed by atoms with Gasteiger partial charge in [0.05, 0.1) is 29.9 Å². The maximum Gasteiger partial charge on any atom is 0.0808 e. The van der Waals surface area contributed by atoms with Crippen molar-refractivity contribution in [1.82, 2.24) is 9.88 Å². The van der Waals surface area contributed by atoms with E-state index in [-0.39, 0.29) is 0 Å². The Labute approximate surface area is 165 Å². The molecule has 5 rings (SSSR count). The van der Waals surface area contributed by atoms with Crippen LogP contribution in [0.1, 0.15) is 6.42 Å². The van der Waals surface area contributed by atoms with E-state index in [1.54, 1.807) is 0 Å². The summed E-state index contributed by atoms with van der Waals surface area (Å²) in [6, 6.07) is 21.3. The van der Waals surface area contributed by atoms with Crippen LogP contribution in [0.2, 0.25) is 0 Å². The molecule has 4 aromatic rings.